The summed E-state index contributed by atoms with van der Waals surface area (Å²) in [6, 6.07) is 7.30. The van der Waals surface area contributed by atoms with Crippen molar-refractivity contribution in [1.82, 2.24) is 10.2 Å². The van der Waals surface area contributed by atoms with E-state index in [1.54, 1.807) is 12.1 Å². The third-order valence-corrected chi connectivity index (χ3v) is 3.77. The van der Waals surface area contributed by atoms with Gasteiger partial charge in [0.05, 0.1) is 0 Å². The van der Waals surface area contributed by atoms with Crippen molar-refractivity contribution >= 4 is 5.91 Å². The number of nitrogens with one attached hydrogen (secondary N) is 1. The van der Waals surface area contributed by atoms with Crippen molar-refractivity contribution in [2.24, 2.45) is 5.92 Å². The van der Waals surface area contributed by atoms with E-state index in [1.807, 2.05) is 17.9 Å². The highest BCUT2D eigenvalue weighted by Gasteiger charge is 2.28. The molecule has 0 bridgehead atoms. The van der Waals surface area contributed by atoms with Crippen molar-refractivity contribution in [3.8, 4) is 0 Å². The molecular weight excluding hydrogens is 255 g/mol. The smallest absolute Gasteiger partial charge is 0.225 e. The van der Waals surface area contributed by atoms with Gasteiger partial charge in [-0.2, -0.15) is 0 Å². The maximum Gasteiger partial charge on any atom is 0.225 e. The van der Waals surface area contributed by atoms with Crippen LogP contribution in [0.1, 0.15) is 26.3 Å². The van der Waals surface area contributed by atoms with E-state index in [2.05, 4.69) is 19.2 Å². The maximum atomic E-state index is 13.6. The minimum atomic E-state index is -0.228. The van der Waals surface area contributed by atoms with Crippen LogP contribution in [0.3, 0.4) is 0 Å². The fourth-order valence-corrected chi connectivity index (χ4v) is 2.90. The number of benzene rings is 1. The lowest BCUT2D eigenvalue weighted by Crippen LogP contribution is -2.56. The van der Waals surface area contributed by atoms with Gasteiger partial charge in [-0.25, -0.2) is 4.39 Å². The van der Waals surface area contributed by atoms with Crippen LogP contribution in [0.15, 0.2) is 24.3 Å². The minimum Gasteiger partial charge on any atom is -0.339 e. The van der Waals surface area contributed by atoms with Crippen molar-refractivity contribution in [1.29, 1.82) is 0 Å². The highest BCUT2D eigenvalue weighted by atomic mass is 19.1. The van der Waals surface area contributed by atoms with Crippen LogP contribution in [0.4, 0.5) is 4.39 Å². The van der Waals surface area contributed by atoms with Gasteiger partial charge in [-0.3, -0.25) is 4.79 Å². The summed E-state index contributed by atoms with van der Waals surface area (Å²) in [5.41, 5.74) is 0.615. The van der Waals surface area contributed by atoms with Crippen molar-refractivity contribution in [3.05, 3.63) is 35.6 Å². The Kier molecular flexibility index (Phi) is 4.76. The van der Waals surface area contributed by atoms with Crippen LogP contribution in [0, 0.1) is 11.7 Å². The van der Waals surface area contributed by atoms with E-state index in [4.69, 9.17) is 0 Å². The molecule has 3 nitrogen and oxygen atoms in total. The predicted octanol–water partition coefficient (Wildman–Crippen LogP) is 2.21. The van der Waals surface area contributed by atoms with Crippen molar-refractivity contribution in [2.75, 3.05) is 13.1 Å². The van der Waals surface area contributed by atoms with Crippen molar-refractivity contribution < 1.29 is 9.18 Å². The minimum absolute atomic E-state index is 0.119. The van der Waals surface area contributed by atoms with Crippen LogP contribution >= 0.6 is 0 Å². The molecule has 0 saturated carbocycles. The number of hydrogen-bond acceptors (Lipinski definition) is 2. The molecule has 1 aliphatic rings. The molecule has 3 atom stereocenters. The molecule has 1 amide bonds. The summed E-state index contributed by atoms with van der Waals surface area (Å²) >= 11 is 0. The fraction of sp³-hybridized carbons (Fsp3) is 0.562. The number of amides is 1. The Hall–Kier alpha value is -1.42. The number of hydrogen-bond donors (Lipinski definition) is 1. The van der Waals surface area contributed by atoms with Gasteiger partial charge in [0.15, 0.2) is 0 Å². The van der Waals surface area contributed by atoms with Gasteiger partial charge >= 0.3 is 0 Å². The number of carbonyl (C=O) groups is 1. The first-order valence-electron chi connectivity index (χ1n) is 7.25. The van der Waals surface area contributed by atoms with Crippen LogP contribution in [0.2, 0.25) is 0 Å². The molecule has 0 aromatic heterocycles. The van der Waals surface area contributed by atoms with Crippen molar-refractivity contribution in [2.45, 2.75) is 39.3 Å². The van der Waals surface area contributed by atoms with Crippen LogP contribution in [0.25, 0.3) is 0 Å². The molecule has 1 fully saturated rings. The van der Waals surface area contributed by atoms with Crippen LogP contribution in [-0.4, -0.2) is 36.0 Å². The van der Waals surface area contributed by atoms with E-state index in [-0.39, 0.29) is 17.6 Å². The summed E-state index contributed by atoms with van der Waals surface area (Å²) in [5, 5.41) is 3.41. The number of nitrogens with zero attached hydrogens (tertiary/aromatic N) is 1. The molecule has 2 rings (SSSR count). The fourth-order valence-electron chi connectivity index (χ4n) is 2.90. The van der Waals surface area contributed by atoms with E-state index < -0.39 is 0 Å². The van der Waals surface area contributed by atoms with Gasteiger partial charge in [0.2, 0.25) is 5.91 Å². The zero-order valence-electron chi connectivity index (χ0n) is 12.4. The molecule has 0 spiro atoms. The Morgan fingerprint density at radius 3 is 2.55 bits per heavy atom. The largest absolute Gasteiger partial charge is 0.339 e. The second kappa shape index (κ2) is 6.35. The van der Waals surface area contributed by atoms with Crippen LogP contribution in [-0.2, 0) is 11.2 Å². The summed E-state index contributed by atoms with van der Waals surface area (Å²) in [6.45, 7) is 7.50. The third kappa shape index (κ3) is 3.57. The SMILES string of the molecule is C[C@@H]1CN(C(=O)[C@H](C)Cc2ccccc2F)C[C@@H](C)N1. The first-order valence-corrected chi connectivity index (χ1v) is 7.25. The number of halogens is 1. The summed E-state index contributed by atoms with van der Waals surface area (Å²) in [5.74, 6) is -0.299. The average molecular weight is 278 g/mol. The molecule has 110 valence electrons. The first kappa shape index (κ1) is 15.0. The quantitative estimate of drug-likeness (QED) is 0.919. The molecule has 1 aromatic carbocycles. The normalized spacial score (nSPS) is 24.5. The van der Waals surface area contributed by atoms with E-state index >= 15 is 0 Å². The van der Waals surface area contributed by atoms with Gasteiger partial charge in [-0.15, -0.1) is 0 Å². The third-order valence-electron chi connectivity index (χ3n) is 3.77. The van der Waals surface area contributed by atoms with Gasteiger partial charge in [0, 0.05) is 31.1 Å². The molecule has 1 N–H and O–H groups in total. The number of carbonyl (C=O) groups excluding carboxylic acids is 1. The Balaban J connectivity index is 2.00. The van der Waals surface area contributed by atoms with E-state index in [9.17, 15) is 9.18 Å². The van der Waals surface area contributed by atoms with Crippen LogP contribution < -0.4 is 5.32 Å². The highest BCUT2D eigenvalue weighted by molar-refractivity contribution is 5.79. The van der Waals surface area contributed by atoms with Crippen molar-refractivity contribution in [3.63, 3.8) is 0 Å². The molecular formula is C16H23FN2O. The maximum absolute atomic E-state index is 13.6. The molecule has 20 heavy (non-hydrogen) atoms. The number of piperazine rings is 1. The van der Waals surface area contributed by atoms with E-state index in [1.165, 1.54) is 6.07 Å². The topological polar surface area (TPSA) is 32.3 Å². The molecule has 4 heteroatoms. The van der Waals surface area contributed by atoms with Gasteiger partial charge in [0.1, 0.15) is 5.82 Å². The highest BCUT2D eigenvalue weighted by Crippen LogP contribution is 2.16. The second-order valence-corrected chi connectivity index (χ2v) is 5.91. The van der Waals surface area contributed by atoms with E-state index in [0.29, 0.717) is 24.1 Å². The summed E-state index contributed by atoms with van der Waals surface area (Å²) < 4.78 is 13.6. The Morgan fingerprint density at radius 2 is 1.95 bits per heavy atom. The molecule has 0 unspecified atom stereocenters. The molecule has 0 radical (unpaired) electrons. The summed E-state index contributed by atoms with van der Waals surface area (Å²) in [6.07, 6.45) is 0.457. The molecule has 1 aromatic rings. The van der Waals surface area contributed by atoms with Gasteiger partial charge in [0.25, 0.3) is 0 Å². The average Bonchev–Trinajstić information content (AvgIpc) is 2.39. The molecule has 1 saturated heterocycles. The zero-order valence-corrected chi connectivity index (χ0v) is 12.4. The Labute approximate surface area is 120 Å². The molecule has 1 heterocycles. The van der Waals surface area contributed by atoms with Gasteiger partial charge < -0.3 is 10.2 Å². The van der Waals surface area contributed by atoms with Crippen LogP contribution in [0.5, 0.6) is 0 Å². The summed E-state index contributed by atoms with van der Waals surface area (Å²) in [4.78, 5) is 14.4. The standard InChI is InChI=1S/C16H23FN2O/c1-11(8-14-6-4-5-7-15(14)17)16(20)19-9-12(2)18-13(3)10-19/h4-7,11-13,18H,8-10H2,1-3H3/t11-,12-,13-/m1/s1. The van der Waals surface area contributed by atoms with Gasteiger partial charge in [-0.1, -0.05) is 25.1 Å². The monoisotopic (exact) mass is 278 g/mol. The number of rotatable bonds is 3. The predicted molar refractivity (Wildman–Crippen MR) is 77.9 cm³/mol. The van der Waals surface area contributed by atoms with Gasteiger partial charge in [-0.05, 0) is 31.9 Å². The lowest BCUT2D eigenvalue weighted by Gasteiger charge is -2.37. The Bertz CT molecular complexity index is 467. The lowest BCUT2D eigenvalue weighted by molar-refractivity contribution is -0.136. The Morgan fingerprint density at radius 1 is 1.35 bits per heavy atom. The van der Waals surface area contributed by atoms with E-state index in [0.717, 1.165) is 13.1 Å². The molecule has 0 aliphatic carbocycles. The lowest BCUT2D eigenvalue weighted by atomic mass is 9.98. The summed E-state index contributed by atoms with van der Waals surface area (Å²) in [7, 11) is 0. The first-order chi connectivity index (χ1) is 9.47. The molecule has 1 aliphatic heterocycles. The zero-order chi connectivity index (χ0) is 14.7. The second-order valence-electron chi connectivity index (χ2n) is 5.91.